The van der Waals surface area contributed by atoms with Gasteiger partial charge in [0.2, 0.25) is 0 Å². The van der Waals surface area contributed by atoms with Crippen LogP contribution in [0.25, 0.3) is 0 Å². The minimum Gasteiger partial charge on any atom is -0.378 e. The van der Waals surface area contributed by atoms with E-state index in [1.54, 1.807) is 6.08 Å². The van der Waals surface area contributed by atoms with Crippen molar-refractivity contribution < 1.29 is 37.9 Å². The topological polar surface area (TPSA) is 83.7 Å². The number of nitrogens with zero attached hydrogens (tertiary/aromatic N) is 1. The SMILES string of the molecule is C#CCN(CC=C)CC1CO1.C#CCOCC(COCC1CC2C=CC1C2)OCC1CO1.C#CCOCC(COCC=C)OCC1CC1. The molecule has 2 saturated heterocycles. The molecule has 2 aliphatic heterocycles. The quantitative estimate of drug-likeness (QED) is 0.0626. The van der Waals surface area contributed by atoms with E-state index in [-0.39, 0.29) is 18.3 Å². The summed E-state index contributed by atoms with van der Waals surface area (Å²) in [5, 5.41) is 0. The highest BCUT2D eigenvalue weighted by Gasteiger charge is 2.35. The van der Waals surface area contributed by atoms with E-state index in [0.717, 1.165) is 57.3 Å². The molecular weight excluding hydrogens is 610 g/mol. The lowest BCUT2D eigenvalue weighted by molar-refractivity contribution is -0.0646. The Balaban J connectivity index is 0.000000206. The molecule has 0 aromatic heterocycles. The molecular formula is C39H57NO8. The van der Waals surface area contributed by atoms with Gasteiger partial charge in [-0.15, -0.1) is 32.4 Å². The van der Waals surface area contributed by atoms with Gasteiger partial charge in [-0.3, -0.25) is 4.90 Å². The fourth-order valence-electron chi connectivity index (χ4n) is 5.45. The minimum absolute atomic E-state index is 0.0195. The van der Waals surface area contributed by atoms with Gasteiger partial charge in [-0.05, 0) is 49.4 Å². The molecule has 0 aromatic rings. The van der Waals surface area contributed by atoms with Crippen LogP contribution < -0.4 is 0 Å². The van der Waals surface area contributed by atoms with E-state index in [9.17, 15) is 0 Å². The van der Waals surface area contributed by atoms with Crippen LogP contribution in [0.2, 0.25) is 0 Å². The lowest BCUT2D eigenvalue weighted by Crippen LogP contribution is -2.29. The van der Waals surface area contributed by atoms with Crippen LogP contribution in [0.1, 0.15) is 25.7 Å². The fourth-order valence-corrected chi connectivity index (χ4v) is 5.45. The van der Waals surface area contributed by atoms with Gasteiger partial charge in [0.15, 0.2) is 0 Å². The van der Waals surface area contributed by atoms with Crippen LogP contribution in [0.3, 0.4) is 0 Å². The normalized spacial score (nSPS) is 25.3. The zero-order valence-electron chi connectivity index (χ0n) is 28.7. The van der Waals surface area contributed by atoms with E-state index in [0.29, 0.717) is 71.4 Å². The lowest BCUT2D eigenvalue weighted by Gasteiger charge is -2.21. The van der Waals surface area contributed by atoms with Gasteiger partial charge in [0, 0.05) is 19.7 Å². The Kier molecular flexibility index (Phi) is 20.5. The van der Waals surface area contributed by atoms with E-state index in [2.05, 4.69) is 48.0 Å². The third kappa shape index (κ3) is 18.9. The Morgan fingerprint density at radius 3 is 1.94 bits per heavy atom. The van der Waals surface area contributed by atoms with Gasteiger partial charge in [-0.1, -0.05) is 42.1 Å². The van der Waals surface area contributed by atoms with E-state index in [4.69, 9.17) is 57.2 Å². The highest BCUT2D eigenvalue weighted by molar-refractivity contribution is 5.10. The van der Waals surface area contributed by atoms with Crippen LogP contribution >= 0.6 is 0 Å². The zero-order valence-corrected chi connectivity index (χ0v) is 28.7. The average Bonchev–Trinajstić information content (AvgIpc) is 4.02. The Bertz CT molecular complexity index is 1050. The monoisotopic (exact) mass is 667 g/mol. The number of terminal acetylenes is 3. The molecule has 5 aliphatic rings. The third-order valence-corrected chi connectivity index (χ3v) is 8.32. The molecule has 2 bridgehead atoms. The van der Waals surface area contributed by atoms with Gasteiger partial charge in [0.05, 0.1) is 72.1 Å². The molecule has 5 rings (SSSR count). The number of rotatable bonds is 25. The smallest absolute Gasteiger partial charge is 0.107 e. The van der Waals surface area contributed by atoms with Crippen LogP contribution in [0.15, 0.2) is 37.5 Å². The van der Waals surface area contributed by atoms with Gasteiger partial charge < -0.3 is 37.9 Å². The second-order valence-electron chi connectivity index (χ2n) is 12.8. The third-order valence-electron chi connectivity index (χ3n) is 8.32. The summed E-state index contributed by atoms with van der Waals surface area (Å²) in [6.07, 6.45) is 29.5. The maximum atomic E-state index is 5.88. The molecule has 4 fully saturated rings. The van der Waals surface area contributed by atoms with Crippen LogP contribution in [-0.2, 0) is 37.9 Å². The Hall–Kier alpha value is -2.46. The summed E-state index contributed by atoms with van der Waals surface area (Å²) < 4.78 is 43.6. The molecule has 48 heavy (non-hydrogen) atoms. The number of hydrogen-bond donors (Lipinski definition) is 0. The van der Waals surface area contributed by atoms with Gasteiger partial charge in [0.25, 0.3) is 0 Å². The number of fused-ring (bicyclic) bond motifs is 2. The second-order valence-corrected chi connectivity index (χ2v) is 12.8. The van der Waals surface area contributed by atoms with Crippen molar-refractivity contribution in [2.75, 3.05) is 98.9 Å². The number of allylic oxidation sites excluding steroid dienone is 2. The second kappa shape index (κ2) is 24.6. The van der Waals surface area contributed by atoms with Crippen LogP contribution in [0.4, 0.5) is 0 Å². The molecule has 7 unspecified atom stereocenters. The first-order chi connectivity index (χ1) is 23.6. The molecule has 0 aromatic carbocycles. The van der Waals surface area contributed by atoms with Gasteiger partial charge in [-0.25, -0.2) is 0 Å². The molecule has 2 heterocycles. The van der Waals surface area contributed by atoms with Crippen LogP contribution in [0, 0.1) is 60.7 Å². The molecule has 0 N–H and O–H groups in total. The Labute approximate surface area is 289 Å². The molecule has 0 spiro atoms. The highest BCUT2D eigenvalue weighted by atomic mass is 16.6. The summed E-state index contributed by atoms with van der Waals surface area (Å²) in [6.45, 7) is 16.9. The summed E-state index contributed by atoms with van der Waals surface area (Å²) in [6, 6.07) is 0. The van der Waals surface area contributed by atoms with Crippen molar-refractivity contribution >= 4 is 0 Å². The average molecular weight is 668 g/mol. The number of epoxide rings is 2. The van der Waals surface area contributed by atoms with E-state index in [1.165, 1.54) is 25.7 Å². The molecule has 0 amide bonds. The lowest BCUT2D eigenvalue weighted by atomic mass is 9.95. The van der Waals surface area contributed by atoms with E-state index < -0.39 is 0 Å². The molecule has 3 aliphatic carbocycles. The standard InChI is InChI=1S/C17H24O4.C13H20O3.C9H13NO/c1-2-5-18-9-16(20-11-17-12-21-17)10-19-8-15-7-13-3-4-14(15)6-13;1-3-7-14-10-13(11-15-8-4-2)16-9-12-5-6-12;1-3-5-10(6-4-2)7-9-8-11-9/h1,3-4,13-17H,5-12H2;1,4,12-13H,2,5-11H2;1,4,9H,2,5-8H2. The van der Waals surface area contributed by atoms with E-state index >= 15 is 0 Å². The molecule has 2 saturated carbocycles. The minimum atomic E-state index is -0.0586. The molecule has 7 atom stereocenters. The molecule has 9 heteroatoms. The fraction of sp³-hybridized carbons (Fsp3) is 0.692. The number of ether oxygens (including phenoxy) is 8. The molecule has 0 radical (unpaired) electrons. The van der Waals surface area contributed by atoms with Crippen molar-refractivity contribution in [2.45, 2.75) is 50.1 Å². The summed E-state index contributed by atoms with van der Waals surface area (Å²) >= 11 is 0. The zero-order chi connectivity index (χ0) is 34.2. The summed E-state index contributed by atoms with van der Waals surface area (Å²) in [5.41, 5.74) is 0. The van der Waals surface area contributed by atoms with Crippen molar-refractivity contribution in [2.24, 2.45) is 23.7 Å². The van der Waals surface area contributed by atoms with Crippen molar-refractivity contribution in [3.8, 4) is 37.0 Å². The van der Waals surface area contributed by atoms with Gasteiger partial charge in [0.1, 0.15) is 31.5 Å². The molecule has 9 nitrogen and oxygen atoms in total. The first-order valence-electron chi connectivity index (χ1n) is 17.3. The van der Waals surface area contributed by atoms with Crippen molar-refractivity contribution in [3.05, 3.63) is 37.5 Å². The largest absolute Gasteiger partial charge is 0.378 e. The van der Waals surface area contributed by atoms with Crippen molar-refractivity contribution in [1.29, 1.82) is 0 Å². The van der Waals surface area contributed by atoms with E-state index in [1.807, 2.05) is 6.08 Å². The van der Waals surface area contributed by atoms with Gasteiger partial charge >= 0.3 is 0 Å². The predicted octanol–water partition coefficient (Wildman–Crippen LogP) is 3.79. The summed E-state index contributed by atoms with van der Waals surface area (Å²) in [4.78, 5) is 2.14. The Morgan fingerprint density at radius 1 is 0.771 bits per heavy atom. The van der Waals surface area contributed by atoms with Crippen molar-refractivity contribution in [3.63, 3.8) is 0 Å². The predicted molar refractivity (Wildman–Crippen MR) is 187 cm³/mol. The first-order valence-corrected chi connectivity index (χ1v) is 17.3. The maximum Gasteiger partial charge on any atom is 0.107 e. The van der Waals surface area contributed by atoms with Crippen molar-refractivity contribution in [1.82, 2.24) is 4.90 Å². The molecule has 266 valence electrons. The van der Waals surface area contributed by atoms with Gasteiger partial charge in [-0.2, -0.15) is 0 Å². The maximum absolute atomic E-state index is 5.88. The number of hydrogen-bond acceptors (Lipinski definition) is 9. The summed E-state index contributed by atoms with van der Waals surface area (Å²) in [5.74, 6) is 10.5. The van der Waals surface area contributed by atoms with Crippen LogP contribution in [-0.4, -0.2) is 128 Å². The first kappa shape index (κ1) is 40.0. The highest BCUT2D eigenvalue weighted by Crippen LogP contribution is 2.43. The van der Waals surface area contributed by atoms with Crippen LogP contribution in [0.5, 0.6) is 0 Å². The Morgan fingerprint density at radius 2 is 1.42 bits per heavy atom. The summed E-state index contributed by atoms with van der Waals surface area (Å²) in [7, 11) is 0.